The number of hydrogen-bond donors (Lipinski definition) is 3. The van der Waals surface area contributed by atoms with Crippen LogP contribution in [-0.4, -0.2) is 96.7 Å². The molecular weight excluding hydrogens is 1380 g/mol. The van der Waals surface area contributed by atoms with Crippen LogP contribution in [0.3, 0.4) is 0 Å². The standard InChI is InChI=1S/C87H166O17P2/c1-6-9-12-15-18-21-24-27-30-32-34-36-38-41-44-47-52-58-63-68-73-87(92)103-82(76-97-84(89)70-65-60-55-50-45-42-40-37-35-33-31-28-25-22-19-16-13-10-7-2)78-101-105(93,94)99-74-81(88)75-100-106(95,96)102-79-83(77-98-85(90)71-66-61-56-53-48-49-54-59-64-69-80(4)5)104-86(91)72-67-62-57-51-46-43-39-29-26-23-20-17-14-11-8-3/h23,26,29,39,80-83,88H,6-22,24-25,27-28,30-38,40-79H2,1-5H3,(H,93,94)(H,95,96)/b26-23-,39-29-/t81-,82-,83-/m1/s1. The fraction of sp³-hybridized carbons (Fsp3) is 0.908. The number of carbonyl (C=O) groups is 4. The van der Waals surface area contributed by atoms with Crippen molar-refractivity contribution in [2.24, 2.45) is 5.92 Å². The van der Waals surface area contributed by atoms with E-state index in [2.05, 4.69) is 58.9 Å². The maximum absolute atomic E-state index is 13.2. The summed E-state index contributed by atoms with van der Waals surface area (Å²) in [5.74, 6) is -1.39. The van der Waals surface area contributed by atoms with Crippen molar-refractivity contribution in [3.05, 3.63) is 24.3 Å². The van der Waals surface area contributed by atoms with E-state index in [9.17, 15) is 43.2 Å². The number of ether oxygens (including phenoxy) is 4. The van der Waals surface area contributed by atoms with Crippen LogP contribution in [0.2, 0.25) is 0 Å². The number of rotatable bonds is 85. The van der Waals surface area contributed by atoms with E-state index in [4.69, 9.17) is 37.0 Å². The molecule has 0 fully saturated rings. The third-order valence-corrected chi connectivity index (χ3v) is 21.8. The molecular formula is C87H166O17P2. The molecule has 0 aliphatic rings. The van der Waals surface area contributed by atoms with Crippen molar-refractivity contribution in [2.75, 3.05) is 39.6 Å². The van der Waals surface area contributed by atoms with Gasteiger partial charge in [-0.25, -0.2) is 9.13 Å². The maximum atomic E-state index is 13.2. The largest absolute Gasteiger partial charge is 0.472 e. The van der Waals surface area contributed by atoms with E-state index >= 15 is 0 Å². The minimum atomic E-state index is -4.97. The van der Waals surface area contributed by atoms with Crippen LogP contribution in [0.5, 0.6) is 0 Å². The van der Waals surface area contributed by atoms with Gasteiger partial charge in [0.05, 0.1) is 26.4 Å². The monoisotopic (exact) mass is 1550 g/mol. The SMILES string of the molecule is CCCCCC/C=C\C=C/CCCCCCCC(=O)O[C@H](COC(=O)CCCCCCCCCCCC(C)C)COP(=O)(O)OC[C@H](O)COP(=O)(O)OC[C@@H](COC(=O)CCCCCCCCCCCCCCCCCCCCC)OC(=O)CCCCCCCCCCCCCCCCCCCCCC. The number of esters is 4. The van der Waals surface area contributed by atoms with Crippen molar-refractivity contribution in [3.8, 4) is 0 Å². The molecule has 2 unspecified atom stereocenters. The molecule has 106 heavy (non-hydrogen) atoms. The van der Waals surface area contributed by atoms with Gasteiger partial charge in [0.25, 0.3) is 0 Å². The number of phosphoric ester groups is 2. The number of allylic oxidation sites excluding steroid dienone is 4. The molecule has 19 heteroatoms. The van der Waals surface area contributed by atoms with Crippen molar-refractivity contribution >= 4 is 39.5 Å². The lowest BCUT2D eigenvalue weighted by atomic mass is 10.0. The summed E-state index contributed by atoms with van der Waals surface area (Å²) in [6, 6.07) is 0. The van der Waals surface area contributed by atoms with Crippen LogP contribution in [0.1, 0.15) is 446 Å². The molecule has 3 N–H and O–H groups in total. The van der Waals surface area contributed by atoms with E-state index in [-0.39, 0.29) is 25.7 Å². The van der Waals surface area contributed by atoms with Gasteiger partial charge in [0.15, 0.2) is 12.2 Å². The predicted molar refractivity (Wildman–Crippen MR) is 437 cm³/mol. The first-order valence-electron chi connectivity index (χ1n) is 44.5. The van der Waals surface area contributed by atoms with Gasteiger partial charge in [-0.2, -0.15) is 0 Å². The lowest BCUT2D eigenvalue weighted by molar-refractivity contribution is -0.161. The molecule has 0 aliphatic carbocycles. The number of unbranched alkanes of at least 4 members (excludes halogenated alkanes) is 54. The Morgan fingerprint density at radius 2 is 0.509 bits per heavy atom. The lowest BCUT2D eigenvalue weighted by Crippen LogP contribution is -2.30. The van der Waals surface area contributed by atoms with Gasteiger partial charge in [-0.1, -0.05) is 393 Å². The van der Waals surface area contributed by atoms with Gasteiger partial charge in [-0.3, -0.25) is 37.3 Å². The Labute approximate surface area is 650 Å². The van der Waals surface area contributed by atoms with Crippen molar-refractivity contribution in [1.29, 1.82) is 0 Å². The zero-order chi connectivity index (χ0) is 77.6. The fourth-order valence-corrected chi connectivity index (χ4v) is 14.7. The summed E-state index contributed by atoms with van der Waals surface area (Å²) in [7, 11) is -9.94. The summed E-state index contributed by atoms with van der Waals surface area (Å²) >= 11 is 0. The van der Waals surface area contributed by atoms with Gasteiger partial charge < -0.3 is 33.8 Å². The number of phosphoric acid groups is 2. The van der Waals surface area contributed by atoms with E-state index < -0.39 is 97.5 Å². The molecule has 5 atom stereocenters. The molecule has 0 heterocycles. The summed E-state index contributed by atoms with van der Waals surface area (Å²) in [6.07, 6.45) is 75.9. The highest BCUT2D eigenvalue weighted by molar-refractivity contribution is 7.47. The van der Waals surface area contributed by atoms with Crippen LogP contribution in [-0.2, 0) is 65.4 Å². The van der Waals surface area contributed by atoms with Crippen LogP contribution in [0, 0.1) is 5.92 Å². The van der Waals surface area contributed by atoms with E-state index in [1.807, 2.05) is 0 Å². The Balaban J connectivity index is 5.28. The Morgan fingerprint density at radius 1 is 0.292 bits per heavy atom. The van der Waals surface area contributed by atoms with Crippen LogP contribution in [0.25, 0.3) is 0 Å². The van der Waals surface area contributed by atoms with Crippen LogP contribution in [0.15, 0.2) is 24.3 Å². The molecule has 0 saturated heterocycles. The summed E-state index contributed by atoms with van der Waals surface area (Å²) in [4.78, 5) is 73.2. The van der Waals surface area contributed by atoms with E-state index in [1.54, 1.807) is 0 Å². The summed E-state index contributed by atoms with van der Waals surface area (Å²) in [5.41, 5.74) is 0. The molecule has 0 aliphatic heterocycles. The van der Waals surface area contributed by atoms with Crippen LogP contribution < -0.4 is 0 Å². The van der Waals surface area contributed by atoms with Gasteiger partial charge in [-0.15, -0.1) is 0 Å². The minimum Gasteiger partial charge on any atom is -0.462 e. The topological polar surface area (TPSA) is 237 Å². The van der Waals surface area contributed by atoms with E-state index in [0.29, 0.717) is 25.7 Å². The first-order valence-corrected chi connectivity index (χ1v) is 47.4. The van der Waals surface area contributed by atoms with Gasteiger partial charge in [-0.05, 0) is 57.3 Å². The Hall–Kier alpha value is -2.46. The number of aliphatic hydroxyl groups excluding tert-OH is 1. The van der Waals surface area contributed by atoms with Gasteiger partial charge in [0, 0.05) is 25.7 Å². The van der Waals surface area contributed by atoms with E-state index in [1.165, 1.54) is 257 Å². The molecule has 0 aromatic heterocycles. The fourth-order valence-electron chi connectivity index (χ4n) is 13.1. The smallest absolute Gasteiger partial charge is 0.462 e. The Kier molecular flexibility index (Phi) is 77.4. The zero-order valence-corrected chi connectivity index (χ0v) is 70.9. The minimum absolute atomic E-state index is 0.0852. The summed E-state index contributed by atoms with van der Waals surface area (Å²) in [5, 5.41) is 10.7. The highest BCUT2D eigenvalue weighted by atomic mass is 31.2. The second-order valence-corrected chi connectivity index (χ2v) is 34.0. The van der Waals surface area contributed by atoms with Crippen molar-refractivity contribution in [3.63, 3.8) is 0 Å². The first-order chi connectivity index (χ1) is 51.5. The maximum Gasteiger partial charge on any atom is 0.472 e. The second-order valence-electron chi connectivity index (χ2n) is 31.1. The summed E-state index contributed by atoms with van der Waals surface area (Å²) < 4.78 is 68.9. The highest BCUT2D eigenvalue weighted by Gasteiger charge is 2.30. The Bertz CT molecular complexity index is 2110. The molecule has 626 valence electrons. The van der Waals surface area contributed by atoms with Gasteiger partial charge in [0.2, 0.25) is 0 Å². The number of aliphatic hydroxyl groups is 1. The molecule has 0 spiro atoms. The molecule has 0 aromatic carbocycles. The van der Waals surface area contributed by atoms with Crippen LogP contribution in [0.4, 0.5) is 0 Å². The molecule has 0 rings (SSSR count). The zero-order valence-electron chi connectivity index (χ0n) is 69.1. The first kappa shape index (κ1) is 104. The lowest BCUT2D eigenvalue weighted by Gasteiger charge is -2.21. The molecule has 0 bridgehead atoms. The molecule has 17 nitrogen and oxygen atoms in total. The Morgan fingerprint density at radius 3 is 0.774 bits per heavy atom. The normalized spacial score (nSPS) is 13.9. The van der Waals surface area contributed by atoms with Crippen molar-refractivity contribution < 1.29 is 80.2 Å². The van der Waals surface area contributed by atoms with E-state index in [0.717, 1.165) is 109 Å². The second kappa shape index (κ2) is 79.2. The third kappa shape index (κ3) is 79.6. The summed E-state index contributed by atoms with van der Waals surface area (Å²) in [6.45, 7) is 7.28. The average Bonchev–Trinajstić information content (AvgIpc) is 0.904. The van der Waals surface area contributed by atoms with Crippen LogP contribution >= 0.6 is 15.6 Å². The van der Waals surface area contributed by atoms with Gasteiger partial charge in [0.1, 0.15) is 19.3 Å². The number of carbonyl (C=O) groups excluding carboxylic acids is 4. The van der Waals surface area contributed by atoms with Crippen molar-refractivity contribution in [1.82, 2.24) is 0 Å². The van der Waals surface area contributed by atoms with Gasteiger partial charge >= 0.3 is 39.5 Å². The quantitative estimate of drug-likeness (QED) is 0.0169. The molecule has 0 saturated carbocycles. The average molecular weight is 1550 g/mol. The third-order valence-electron chi connectivity index (χ3n) is 19.9. The highest BCUT2D eigenvalue weighted by Crippen LogP contribution is 2.45. The molecule has 0 aromatic rings. The number of hydrogen-bond acceptors (Lipinski definition) is 15. The molecule has 0 radical (unpaired) electrons. The van der Waals surface area contributed by atoms with Crippen molar-refractivity contribution in [2.45, 2.75) is 464 Å². The molecule has 0 amide bonds. The predicted octanol–water partition coefficient (Wildman–Crippen LogP) is 26.3.